The Balaban J connectivity index is 2.68. The van der Waals surface area contributed by atoms with Crippen LogP contribution in [-0.4, -0.2) is 37.5 Å². The molecule has 0 amide bonds. The van der Waals surface area contributed by atoms with E-state index in [0.29, 0.717) is 13.0 Å². The standard InChI is InChI=1S/C12H20N2O3S/c1-3-12(10-15)13-18(16,17)14(2)9-11-7-5-4-6-8-11/h4-8,12-13,15H,3,9-10H2,1-2H3. The molecule has 1 rings (SSSR count). The SMILES string of the molecule is CCC(CO)NS(=O)(=O)N(C)Cc1ccccc1. The summed E-state index contributed by atoms with van der Waals surface area (Å²) < 4.78 is 27.6. The molecule has 0 saturated heterocycles. The molecule has 0 heterocycles. The van der Waals surface area contributed by atoms with Crippen molar-refractivity contribution in [3.8, 4) is 0 Å². The van der Waals surface area contributed by atoms with Gasteiger partial charge in [-0.3, -0.25) is 0 Å². The predicted molar refractivity (Wildman–Crippen MR) is 71.1 cm³/mol. The van der Waals surface area contributed by atoms with E-state index in [1.165, 1.54) is 11.4 Å². The molecule has 1 aromatic carbocycles. The lowest BCUT2D eigenvalue weighted by Crippen LogP contribution is -2.44. The highest BCUT2D eigenvalue weighted by molar-refractivity contribution is 7.87. The summed E-state index contributed by atoms with van der Waals surface area (Å²) in [5, 5.41) is 9.02. The first-order valence-corrected chi connectivity index (χ1v) is 7.32. The van der Waals surface area contributed by atoms with E-state index in [1.54, 1.807) is 0 Å². The van der Waals surface area contributed by atoms with Crippen molar-refractivity contribution in [2.45, 2.75) is 25.9 Å². The number of hydrogen-bond donors (Lipinski definition) is 2. The van der Waals surface area contributed by atoms with Gasteiger partial charge in [-0.1, -0.05) is 37.3 Å². The van der Waals surface area contributed by atoms with E-state index in [2.05, 4.69) is 4.72 Å². The maximum Gasteiger partial charge on any atom is 0.279 e. The zero-order valence-electron chi connectivity index (χ0n) is 10.7. The van der Waals surface area contributed by atoms with Crippen LogP contribution in [0.3, 0.4) is 0 Å². The van der Waals surface area contributed by atoms with Gasteiger partial charge in [-0.05, 0) is 12.0 Å². The summed E-state index contributed by atoms with van der Waals surface area (Å²) >= 11 is 0. The number of benzene rings is 1. The van der Waals surface area contributed by atoms with Crippen LogP contribution in [0.1, 0.15) is 18.9 Å². The summed E-state index contributed by atoms with van der Waals surface area (Å²) in [6, 6.07) is 8.92. The van der Waals surface area contributed by atoms with E-state index < -0.39 is 16.3 Å². The fourth-order valence-corrected chi connectivity index (χ4v) is 2.64. The van der Waals surface area contributed by atoms with E-state index in [9.17, 15) is 8.42 Å². The Labute approximate surface area is 109 Å². The maximum absolute atomic E-state index is 12.0. The third-order valence-corrected chi connectivity index (χ3v) is 4.27. The van der Waals surface area contributed by atoms with Crippen LogP contribution in [0.25, 0.3) is 0 Å². The highest BCUT2D eigenvalue weighted by Crippen LogP contribution is 2.06. The van der Waals surface area contributed by atoms with E-state index in [0.717, 1.165) is 5.56 Å². The summed E-state index contributed by atoms with van der Waals surface area (Å²) in [7, 11) is -2.05. The Morgan fingerprint density at radius 1 is 1.33 bits per heavy atom. The fourth-order valence-electron chi connectivity index (χ4n) is 1.48. The van der Waals surface area contributed by atoms with Crippen molar-refractivity contribution < 1.29 is 13.5 Å². The molecule has 18 heavy (non-hydrogen) atoms. The quantitative estimate of drug-likeness (QED) is 0.768. The van der Waals surface area contributed by atoms with E-state index >= 15 is 0 Å². The van der Waals surface area contributed by atoms with Crippen LogP contribution in [0, 0.1) is 0 Å². The van der Waals surface area contributed by atoms with E-state index in [1.807, 2.05) is 37.3 Å². The minimum absolute atomic E-state index is 0.199. The molecule has 0 aliphatic carbocycles. The molecular formula is C12H20N2O3S. The molecule has 102 valence electrons. The average Bonchev–Trinajstić information content (AvgIpc) is 2.37. The zero-order valence-corrected chi connectivity index (χ0v) is 11.5. The monoisotopic (exact) mass is 272 g/mol. The fraction of sp³-hybridized carbons (Fsp3) is 0.500. The largest absolute Gasteiger partial charge is 0.395 e. The Kier molecular flexibility index (Phi) is 5.74. The number of rotatable bonds is 7. The number of hydrogen-bond acceptors (Lipinski definition) is 3. The minimum Gasteiger partial charge on any atom is -0.395 e. The van der Waals surface area contributed by atoms with E-state index in [4.69, 9.17) is 5.11 Å². The second-order valence-electron chi connectivity index (χ2n) is 4.15. The van der Waals surface area contributed by atoms with Crippen molar-refractivity contribution in [3.63, 3.8) is 0 Å². The molecule has 0 aliphatic rings. The Morgan fingerprint density at radius 2 is 1.94 bits per heavy atom. The van der Waals surface area contributed by atoms with Crippen molar-refractivity contribution in [2.75, 3.05) is 13.7 Å². The lowest BCUT2D eigenvalue weighted by molar-refractivity contribution is 0.251. The highest BCUT2D eigenvalue weighted by Gasteiger charge is 2.21. The molecule has 0 saturated carbocycles. The van der Waals surface area contributed by atoms with Gasteiger partial charge in [0.1, 0.15) is 0 Å². The molecular weight excluding hydrogens is 252 g/mol. The number of nitrogens with one attached hydrogen (secondary N) is 1. The van der Waals surface area contributed by atoms with Crippen LogP contribution < -0.4 is 4.72 Å². The van der Waals surface area contributed by atoms with Gasteiger partial charge in [0.15, 0.2) is 0 Å². The van der Waals surface area contributed by atoms with Crippen LogP contribution in [0.2, 0.25) is 0 Å². The summed E-state index contributed by atoms with van der Waals surface area (Å²) in [5.41, 5.74) is 0.919. The van der Waals surface area contributed by atoms with Crippen LogP contribution in [-0.2, 0) is 16.8 Å². The Morgan fingerprint density at radius 3 is 2.44 bits per heavy atom. The number of aliphatic hydroxyl groups is 1. The van der Waals surface area contributed by atoms with Gasteiger partial charge in [0.25, 0.3) is 10.2 Å². The molecule has 5 nitrogen and oxygen atoms in total. The molecule has 1 aromatic rings. The first kappa shape index (κ1) is 15.1. The molecule has 0 fully saturated rings. The molecule has 0 aromatic heterocycles. The molecule has 6 heteroatoms. The van der Waals surface area contributed by atoms with Gasteiger partial charge in [-0.15, -0.1) is 0 Å². The molecule has 2 N–H and O–H groups in total. The third-order valence-electron chi connectivity index (χ3n) is 2.69. The van der Waals surface area contributed by atoms with Gasteiger partial charge in [-0.25, -0.2) is 0 Å². The first-order valence-electron chi connectivity index (χ1n) is 5.88. The van der Waals surface area contributed by atoms with Crippen LogP contribution in [0.15, 0.2) is 30.3 Å². The third kappa shape index (κ3) is 4.38. The van der Waals surface area contributed by atoms with Crippen molar-refractivity contribution >= 4 is 10.2 Å². The Hall–Kier alpha value is -0.950. The van der Waals surface area contributed by atoms with Crippen LogP contribution in [0.5, 0.6) is 0 Å². The van der Waals surface area contributed by atoms with Gasteiger partial charge >= 0.3 is 0 Å². The van der Waals surface area contributed by atoms with Gasteiger partial charge in [0, 0.05) is 19.6 Å². The number of nitrogens with zero attached hydrogens (tertiary/aromatic N) is 1. The van der Waals surface area contributed by atoms with E-state index in [-0.39, 0.29) is 6.61 Å². The summed E-state index contributed by atoms with van der Waals surface area (Å²) in [6.07, 6.45) is 0.551. The van der Waals surface area contributed by atoms with Gasteiger partial charge in [0.05, 0.1) is 6.61 Å². The highest BCUT2D eigenvalue weighted by atomic mass is 32.2. The molecule has 1 atom stereocenters. The lowest BCUT2D eigenvalue weighted by Gasteiger charge is -2.21. The smallest absolute Gasteiger partial charge is 0.279 e. The van der Waals surface area contributed by atoms with Crippen molar-refractivity contribution in [1.82, 2.24) is 9.03 Å². The van der Waals surface area contributed by atoms with Gasteiger partial charge < -0.3 is 5.11 Å². The molecule has 0 spiro atoms. The average molecular weight is 272 g/mol. The minimum atomic E-state index is -3.56. The molecule has 0 aliphatic heterocycles. The number of aliphatic hydroxyl groups excluding tert-OH is 1. The van der Waals surface area contributed by atoms with Crippen LogP contribution in [0.4, 0.5) is 0 Å². The van der Waals surface area contributed by atoms with Crippen molar-refractivity contribution in [3.05, 3.63) is 35.9 Å². The Bertz CT molecular complexity index is 444. The first-order chi connectivity index (χ1) is 8.49. The molecule has 0 radical (unpaired) electrons. The molecule has 0 bridgehead atoms. The zero-order chi connectivity index (χ0) is 13.6. The van der Waals surface area contributed by atoms with Crippen molar-refractivity contribution in [1.29, 1.82) is 0 Å². The van der Waals surface area contributed by atoms with Gasteiger partial charge in [-0.2, -0.15) is 17.4 Å². The summed E-state index contributed by atoms with van der Waals surface area (Å²) in [5.74, 6) is 0. The van der Waals surface area contributed by atoms with Crippen LogP contribution >= 0.6 is 0 Å². The second kappa shape index (κ2) is 6.84. The normalized spacial score (nSPS) is 13.8. The topological polar surface area (TPSA) is 69.6 Å². The summed E-state index contributed by atoms with van der Waals surface area (Å²) in [6.45, 7) is 1.92. The summed E-state index contributed by atoms with van der Waals surface area (Å²) in [4.78, 5) is 0. The second-order valence-corrected chi connectivity index (χ2v) is 5.96. The molecule has 1 unspecified atom stereocenters. The lowest BCUT2D eigenvalue weighted by atomic mass is 10.2. The maximum atomic E-state index is 12.0. The predicted octanol–water partition coefficient (Wildman–Crippen LogP) is 0.724. The van der Waals surface area contributed by atoms with Crippen molar-refractivity contribution in [2.24, 2.45) is 0 Å². The van der Waals surface area contributed by atoms with Gasteiger partial charge in [0.2, 0.25) is 0 Å².